The summed E-state index contributed by atoms with van der Waals surface area (Å²) in [5, 5.41) is 3.43. The molecule has 1 aromatic rings. The number of aryl methyl sites for hydroxylation is 2. The monoisotopic (exact) mass is 497 g/mol. The highest BCUT2D eigenvalue weighted by molar-refractivity contribution is 5.47. The van der Waals surface area contributed by atoms with Crippen molar-refractivity contribution in [1.82, 2.24) is 9.88 Å². The molecule has 4 rings (SSSR count). The Balaban J connectivity index is 1.20. The number of nitrogens with zero attached hydrogens (tertiary/aromatic N) is 2. The van der Waals surface area contributed by atoms with Crippen molar-refractivity contribution < 1.29 is 13.9 Å². The van der Waals surface area contributed by atoms with Gasteiger partial charge in [0.1, 0.15) is 11.6 Å². The fourth-order valence-corrected chi connectivity index (χ4v) is 5.53. The number of hydrogen-bond acceptors (Lipinski definition) is 5. The lowest BCUT2D eigenvalue weighted by atomic mass is 9.96. The number of aromatic nitrogens is 1. The van der Waals surface area contributed by atoms with Crippen LogP contribution >= 0.6 is 0 Å². The van der Waals surface area contributed by atoms with Gasteiger partial charge in [-0.3, -0.25) is 4.90 Å². The Morgan fingerprint density at radius 2 is 2.22 bits per heavy atom. The third kappa shape index (κ3) is 8.25. The molecule has 2 fully saturated rings. The number of rotatable bonds is 12. The molecule has 0 aromatic carbocycles. The molecule has 0 aliphatic carbocycles. The van der Waals surface area contributed by atoms with Crippen LogP contribution in [0.1, 0.15) is 69.5 Å². The molecule has 1 aromatic heterocycles. The molecule has 3 atom stereocenters. The highest BCUT2D eigenvalue weighted by atomic mass is 19.1. The minimum absolute atomic E-state index is 0.268. The van der Waals surface area contributed by atoms with Gasteiger partial charge in [0.25, 0.3) is 0 Å². The average molecular weight is 498 g/mol. The SMILES string of the molecule is C=C(F)/C=C\C=C(/CC1CCCCO1)C(C)N1CCC(OCCCCc2ccc3c(n2)NCCC3)C1. The van der Waals surface area contributed by atoms with Gasteiger partial charge in [0.15, 0.2) is 0 Å². The summed E-state index contributed by atoms with van der Waals surface area (Å²) in [5.41, 5.74) is 3.82. The van der Waals surface area contributed by atoms with E-state index in [1.807, 2.05) is 0 Å². The highest BCUT2D eigenvalue weighted by Crippen LogP contribution is 2.27. The first-order valence-corrected chi connectivity index (χ1v) is 14.0. The highest BCUT2D eigenvalue weighted by Gasteiger charge is 2.29. The van der Waals surface area contributed by atoms with Crippen LogP contribution in [0.15, 0.2) is 48.3 Å². The Morgan fingerprint density at radius 3 is 3.06 bits per heavy atom. The van der Waals surface area contributed by atoms with Crippen molar-refractivity contribution in [3.8, 4) is 0 Å². The smallest absolute Gasteiger partial charge is 0.129 e. The number of ether oxygens (including phenoxy) is 2. The average Bonchev–Trinajstić information content (AvgIpc) is 3.37. The Bertz CT molecular complexity index is 909. The molecule has 3 aliphatic rings. The predicted octanol–water partition coefficient (Wildman–Crippen LogP) is 6.17. The van der Waals surface area contributed by atoms with Crippen molar-refractivity contribution in [1.29, 1.82) is 0 Å². The van der Waals surface area contributed by atoms with Gasteiger partial charge in [-0.15, -0.1) is 0 Å². The van der Waals surface area contributed by atoms with Crippen LogP contribution in [0.25, 0.3) is 0 Å². The van der Waals surface area contributed by atoms with Crippen LogP contribution in [0, 0.1) is 0 Å². The summed E-state index contributed by atoms with van der Waals surface area (Å²) in [5.74, 6) is 0.671. The lowest BCUT2D eigenvalue weighted by Crippen LogP contribution is -2.35. The van der Waals surface area contributed by atoms with E-state index in [1.165, 1.54) is 35.7 Å². The number of pyridine rings is 1. The summed E-state index contributed by atoms with van der Waals surface area (Å²) in [6.45, 7) is 10.3. The second-order valence-electron chi connectivity index (χ2n) is 10.5. The molecule has 0 amide bonds. The lowest BCUT2D eigenvalue weighted by molar-refractivity contribution is 0.0145. The molecule has 0 saturated carbocycles. The van der Waals surface area contributed by atoms with Crippen LogP contribution < -0.4 is 5.32 Å². The van der Waals surface area contributed by atoms with E-state index in [0.717, 1.165) is 90.0 Å². The fraction of sp³-hybridized carbons (Fsp3) is 0.633. The molecule has 6 heteroatoms. The maximum absolute atomic E-state index is 13.1. The van der Waals surface area contributed by atoms with E-state index in [9.17, 15) is 4.39 Å². The van der Waals surface area contributed by atoms with Gasteiger partial charge in [0, 0.05) is 44.6 Å². The Kier molecular flexibility index (Phi) is 10.6. The number of halogens is 1. The minimum atomic E-state index is -0.416. The first-order valence-electron chi connectivity index (χ1n) is 14.0. The maximum Gasteiger partial charge on any atom is 0.129 e. The van der Waals surface area contributed by atoms with Gasteiger partial charge in [-0.25, -0.2) is 9.37 Å². The molecule has 3 aliphatic heterocycles. The number of hydrogen-bond donors (Lipinski definition) is 1. The van der Waals surface area contributed by atoms with E-state index < -0.39 is 5.83 Å². The van der Waals surface area contributed by atoms with Crippen molar-refractivity contribution in [3.05, 3.63) is 59.6 Å². The zero-order valence-electron chi connectivity index (χ0n) is 22.0. The quantitative estimate of drug-likeness (QED) is 0.277. The second-order valence-corrected chi connectivity index (χ2v) is 10.5. The molecule has 5 nitrogen and oxygen atoms in total. The van der Waals surface area contributed by atoms with Crippen LogP contribution in [-0.2, 0) is 22.3 Å². The largest absolute Gasteiger partial charge is 0.378 e. The summed E-state index contributed by atoms with van der Waals surface area (Å²) < 4.78 is 25.4. The summed E-state index contributed by atoms with van der Waals surface area (Å²) in [6, 6.07) is 4.71. The number of allylic oxidation sites excluding steroid dienone is 4. The number of likely N-dealkylation sites (tertiary alicyclic amines) is 1. The fourth-order valence-electron chi connectivity index (χ4n) is 5.53. The summed E-state index contributed by atoms with van der Waals surface area (Å²) >= 11 is 0. The first-order chi connectivity index (χ1) is 17.6. The van der Waals surface area contributed by atoms with Crippen LogP contribution in [0.5, 0.6) is 0 Å². The number of fused-ring (bicyclic) bond motifs is 1. The molecule has 1 N–H and O–H groups in total. The first kappa shape index (κ1) is 27.0. The molecular formula is C30H44FN3O2. The molecule has 0 spiro atoms. The van der Waals surface area contributed by atoms with E-state index in [1.54, 1.807) is 6.08 Å². The third-order valence-electron chi connectivity index (χ3n) is 7.72. The van der Waals surface area contributed by atoms with Gasteiger partial charge < -0.3 is 14.8 Å². The Labute approximate surface area is 216 Å². The van der Waals surface area contributed by atoms with Crippen molar-refractivity contribution in [2.45, 2.75) is 89.4 Å². The second kappa shape index (κ2) is 14.1. The van der Waals surface area contributed by atoms with E-state index in [0.29, 0.717) is 0 Å². The van der Waals surface area contributed by atoms with Crippen molar-refractivity contribution >= 4 is 5.82 Å². The standard InChI is InChI=1S/C30H44FN3O2/c1-23(31)9-7-10-26(21-28-13-4-6-19-35-28)24(2)34-18-16-29(22-34)36-20-5-3-12-27-15-14-25-11-8-17-32-30(25)33-27/h7,9-10,14-15,24,28-29H,1,3-6,8,11-13,16-22H2,2H3,(H,32,33)/b9-7-,26-10+. The van der Waals surface area contributed by atoms with Crippen molar-refractivity contribution in [2.75, 3.05) is 38.2 Å². The van der Waals surface area contributed by atoms with E-state index >= 15 is 0 Å². The van der Waals surface area contributed by atoms with Crippen LogP contribution in [-0.4, -0.2) is 61.0 Å². The van der Waals surface area contributed by atoms with E-state index in [-0.39, 0.29) is 18.2 Å². The summed E-state index contributed by atoms with van der Waals surface area (Å²) in [4.78, 5) is 7.30. The normalized spacial score (nSPS) is 24.0. The summed E-state index contributed by atoms with van der Waals surface area (Å²) in [7, 11) is 0. The van der Waals surface area contributed by atoms with Gasteiger partial charge in [0.05, 0.1) is 12.2 Å². The topological polar surface area (TPSA) is 46.6 Å². The maximum atomic E-state index is 13.1. The molecule has 2 saturated heterocycles. The number of anilines is 1. The van der Waals surface area contributed by atoms with Gasteiger partial charge >= 0.3 is 0 Å². The predicted molar refractivity (Wildman–Crippen MR) is 145 cm³/mol. The molecule has 0 bridgehead atoms. The van der Waals surface area contributed by atoms with Crippen molar-refractivity contribution in [2.24, 2.45) is 0 Å². The Morgan fingerprint density at radius 1 is 1.31 bits per heavy atom. The zero-order valence-corrected chi connectivity index (χ0v) is 22.0. The zero-order chi connectivity index (χ0) is 25.2. The lowest BCUT2D eigenvalue weighted by Gasteiger charge is -2.30. The number of unbranched alkanes of at least 4 members (excludes halogenated alkanes) is 1. The van der Waals surface area contributed by atoms with Crippen LogP contribution in [0.2, 0.25) is 0 Å². The van der Waals surface area contributed by atoms with E-state index in [4.69, 9.17) is 14.5 Å². The molecule has 198 valence electrons. The third-order valence-corrected chi connectivity index (χ3v) is 7.72. The minimum Gasteiger partial charge on any atom is -0.378 e. The van der Waals surface area contributed by atoms with Gasteiger partial charge in [-0.1, -0.05) is 30.4 Å². The van der Waals surface area contributed by atoms with Gasteiger partial charge in [-0.05, 0) is 88.8 Å². The van der Waals surface area contributed by atoms with Crippen LogP contribution in [0.4, 0.5) is 10.2 Å². The molecule has 36 heavy (non-hydrogen) atoms. The molecular weight excluding hydrogens is 453 g/mol. The van der Waals surface area contributed by atoms with Crippen molar-refractivity contribution in [3.63, 3.8) is 0 Å². The molecule has 3 unspecified atom stereocenters. The van der Waals surface area contributed by atoms with E-state index in [2.05, 4.69) is 41.9 Å². The molecule has 0 radical (unpaired) electrons. The summed E-state index contributed by atoms with van der Waals surface area (Å²) in [6.07, 6.45) is 16.8. The van der Waals surface area contributed by atoms with Gasteiger partial charge in [-0.2, -0.15) is 0 Å². The van der Waals surface area contributed by atoms with Crippen LogP contribution in [0.3, 0.4) is 0 Å². The molecule has 4 heterocycles. The van der Waals surface area contributed by atoms with Gasteiger partial charge in [0.2, 0.25) is 0 Å². The number of nitrogens with one attached hydrogen (secondary N) is 1. The Hall–Kier alpha value is -2.02.